The maximum atomic E-state index is 12.8. The maximum Gasteiger partial charge on any atom is 0.259 e. The third kappa shape index (κ3) is 3.09. The molecule has 0 radical (unpaired) electrons. The molecule has 1 aromatic heterocycles. The number of piperidine rings is 1. The number of hydrogen-bond donors (Lipinski definition) is 1. The van der Waals surface area contributed by atoms with Gasteiger partial charge in [0.25, 0.3) is 5.91 Å². The minimum absolute atomic E-state index is 0.00460. The van der Waals surface area contributed by atoms with Crippen LogP contribution in [0.4, 0.5) is 5.82 Å². The number of amides is 1. The minimum Gasteiger partial charge on any atom is -0.383 e. The number of anilines is 1. The number of rotatable bonds is 3. The monoisotopic (exact) mass is 312 g/mol. The van der Waals surface area contributed by atoms with Crippen molar-refractivity contribution in [1.82, 2.24) is 14.7 Å². The van der Waals surface area contributed by atoms with Crippen molar-refractivity contribution in [3.8, 4) is 0 Å². The van der Waals surface area contributed by atoms with Gasteiger partial charge in [0, 0.05) is 25.0 Å². The van der Waals surface area contributed by atoms with Crippen molar-refractivity contribution in [3.05, 3.63) is 47.7 Å². The molecule has 0 aliphatic carbocycles. The zero-order valence-corrected chi connectivity index (χ0v) is 13.8. The van der Waals surface area contributed by atoms with Crippen LogP contribution in [0.5, 0.6) is 0 Å². The molecule has 23 heavy (non-hydrogen) atoms. The van der Waals surface area contributed by atoms with Gasteiger partial charge >= 0.3 is 0 Å². The molecule has 2 heterocycles. The lowest BCUT2D eigenvalue weighted by molar-refractivity contribution is 0.0708. The molecular weight excluding hydrogens is 288 g/mol. The van der Waals surface area contributed by atoms with E-state index in [1.165, 1.54) is 5.56 Å². The molecule has 5 heteroatoms. The summed E-state index contributed by atoms with van der Waals surface area (Å²) in [5.41, 5.74) is 7.93. The number of carbonyl (C=O) groups is 1. The van der Waals surface area contributed by atoms with E-state index in [4.69, 9.17) is 5.73 Å². The van der Waals surface area contributed by atoms with E-state index in [9.17, 15) is 4.79 Å². The van der Waals surface area contributed by atoms with E-state index in [0.717, 1.165) is 25.9 Å². The van der Waals surface area contributed by atoms with Crippen LogP contribution in [0.2, 0.25) is 0 Å². The molecule has 1 unspecified atom stereocenters. The smallest absolute Gasteiger partial charge is 0.259 e. The van der Waals surface area contributed by atoms with E-state index in [1.807, 2.05) is 24.8 Å². The van der Waals surface area contributed by atoms with Gasteiger partial charge in [-0.05, 0) is 32.3 Å². The van der Waals surface area contributed by atoms with E-state index >= 15 is 0 Å². The van der Waals surface area contributed by atoms with Crippen LogP contribution in [-0.2, 0) is 0 Å². The molecule has 1 fully saturated rings. The first-order valence-corrected chi connectivity index (χ1v) is 8.25. The Labute approximate surface area is 137 Å². The molecule has 2 N–H and O–H groups in total. The molecular formula is C18H24N4O. The van der Waals surface area contributed by atoms with Gasteiger partial charge < -0.3 is 10.6 Å². The molecule has 3 rings (SSSR count). The van der Waals surface area contributed by atoms with E-state index < -0.39 is 0 Å². The van der Waals surface area contributed by atoms with Crippen LogP contribution in [0.1, 0.15) is 54.6 Å². The first kappa shape index (κ1) is 15.6. The lowest BCUT2D eigenvalue weighted by atomic mass is 9.90. The molecule has 0 bridgehead atoms. The number of aromatic nitrogens is 2. The molecule has 0 spiro atoms. The van der Waals surface area contributed by atoms with Gasteiger partial charge in [-0.15, -0.1) is 0 Å². The fourth-order valence-corrected chi connectivity index (χ4v) is 3.28. The number of nitrogens with two attached hydrogens (primary N) is 1. The topological polar surface area (TPSA) is 64.2 Å². The second kappa shape index (κ2) is 6.44. The van der Waals surface area contributed by atoms with Crippen molar-refractivity contribution in [2.45, 2.75) is 38.6 Å². The lowest BCUT2D eigenvalue weighted by Crippen LogP contribution is -2.39. The molecule has 5 nitrogen and oxygen atoms in total. The van der Waals surface area contributed by atoms with E-state index in [0.29, 0.717) is 17.3 Å². The average Bonchev–Trinajstić information content (AvgIpc) is 2.97. The van der Waals surface area contributed by atoms with Gasteiger partial charge in [0.1, 0.15) is 11.4 Å². The average molecular weight is 312 g/mol. The highest BCUT2D eigenvalue weighted by Gasteiger charge is 2.28. The molecule has 122 valence electrons. The lowest BCUT2D eigenvalue weighted by Gasteiger charge is -2.33. The molecule has 2 aromatic rings. The third-order valence-corrected chi connectivity index (χ3v) is 4.53. The quantitative estimate of drug-likeness (QED) is 0.947. The fourth-order valence-electron chi connectivity index (χ4n) is 3.28. The highest BCUT2D eigenvalue weighted by molar-refractivity contribution is 5.98. The molecule has 1 aromatic carbocycles. The second-order valence-corrected chi connectivity index (χ2v) is 6.48. The number of nitrogens with zero attached hydrogens (tertiary/aromatic N) is 3. The largest absolute Gasteiger partial charge is 0.383 e. The van der Waals surface area contributed by atoms with E-state index in [-0.39, 0.29) is 11.9 Å². The van der Waals surface area contributed by atoms with Crippen molar-refractivity contribution in [1.29, 1.82) is 0 Å². The molecule has 1 aliphatic heterocycles. The Hall–Kier alpha value is -2.30. The van der Waals surface area contributed by atoms with Crippen LogP contribution in [0, 0.1) is 0 Å². The number of hydrogen-bond acceptors (Lipinski definition) is 3. The Morgan fingerprint density at radius 2 is 2.04 bits per heavy atom. The van der Waals surface area contributed by atoms with Gasteiger partial charge in [0.2, 0.25) is 0 Å². The highest BCUT2D eigenvalue weighted by Crippen LogP contribution is 2.28. The summed E-state index contributed by atoms with van der Waals surface area (Å²) in [4.78, 5) is 14.7. The minimum atomic E-state index is -0.00460. The van der Waals surface area contributed by atoms with Crippen molar-refractivity contribution < 1.29 is 4.79 Å². The second-order valence-electron chi connectivity index (χ2n) is 6.48. The van der Waals surface area contributed by atoms with Gasteiger partial charge in [-0.3, -0.25) is 4.79 Å². The first-order valence-electron chi connectivity index (χ1n) is 8.25. The van der Waals surface area contributed by atoms with Crippen LogP contribution in [0.15, 0.2) is 36.5 Å². The summed E-state index contributed by atoms with van der Waals surface area (Å²) in [6.45, 7) is 5.54. The highest BCUT2D eigenvalue weighted by atomic mass is 16.2. The molecule has 1 saturated heterocycles. The number of likely N-dealkylation sites (tertiary alicyclic amines) is 1. The zero-order chi connectivity index (χ0) is 16.4. The first-order chi connectivity index (χ1) is 11.1. The van der Waals surface area contributed by atoms with E-state index in [2.05, 4.69) is 29.4 Å². The van der Waals surface area contributed by atoms with Crippen molar-refractivity contribution in [2.75, 3.05) is 18.8 Å². The predicted octanol–water partition coefficient (Wildman–Crippen LogP) is 3.07. The summed E-state index contributed by atoms with van der Waals surface area (Å²) in [6, 6.07) is 10.6. The zero-order valence-electron chi connectivity index (χ0n) is 13.8. The van der Waals surface area contributed by atoms with Crippen molar-refractivity contribution in [2.24, 2.45) is 0 Å². The summed E-state index contributed by atoms with van der Waals surface area (Å²) < 4.78 is 1.70. The van der Waals surface area contributed by atoms with Gasteiger partial charge in [0.15, 0.2) is 0 Å². The Kier molecular flexibility index (Phi) is 4.37. The van der Waals surface area contributed by atoms with E-state index in [1.54, 1.807) is 10.9 Å². The summed E-state index contributed by atoms with van der Waals surface area (Å²) in [6.07, 6.45) is 3.74. The summed E-state index contributed by atoms with van der Waals surface area (Å²) in [7, 11) is 0. The SMILES string of the molecule is CC(C)n1ncc(C(=O)N2CCCC(c3ccccc3)C2)c1N. The van der Waals surface area contributed by atoms with Gasteiger partial charge in [-0.1, -0.05) is 30.3 Å². The number of benzene rings is 1. The normalized spacial score (nSPS) is 18.4. The van der Waals surface area contributed by atoms with Crippen LogP contribution >= 0.6 is 0 Å². The fraction of sp³-hybridized carbons (Fsp3) is 0.444. The predicted molar refractivity (Wildman–Crippen MR) is 91.3 cm³/mol. The van der Waals surface area contributed by atoms with Crippen molar-refractivity contribution >= 4 is 11.7 Å². The van der Waals surface area contributed by atoms with Gasteiger partial charge in [-0.2, -0.15) is 5.10 Å². The number of carbonyl (C=O) groups excluding carboxylic acids is 1. The Morgan fingerprint density at radius 3 is 2.70 bits per heavy atom. The van der Waals surface area contributed by atoms with Crippen LogP contribution in [-0.4, -0.2) is 33.7 Å². The van der Waals surface area contributed by atoms with Gasteiger partial charge in [-0.25, -0.2) is 4.68 Å². The van der Waals surface area contributed by atoms with Crippen LogP contribution in [0.25, 0.3) is 0 Å². The Balaban J connectivity index is 1.77. The summed E-state index contributed by atoms with van der Waals surface area (Å²) in [5.74, 6) is 0.858. The molecule has 1 atom stereocenters. The molecule has 1 amide bonds. The standard InChI is InChI=1S/C18H24N4O/c1-13(2)22-17(19)16(11-20-22)18(23)21-10-6-9-15(12-21)14-7-4-3-5-8-14/h3-5,7-8,11,13,15H,6,9-10,12,19H2,1-2H3. The third-order valence-electron chi connectivity index (χ3n) is 4.53. The van der Waals surface area contributed by atoms with Gasteiger partial charge in [0.05, 0.1) is 6.20 Å². The molecule has 1 aliphatic rings. The van der Waals surface area contributed by atoms with Crippen LogP contribution < -0.4 is 5.73 Å². The molecule has 0 saturated carbocycles. The van der Waals surface area contributed by atoms with Crippen molar-refractivity contribution in [3.63, 3.8) is 0 Å². The maximum absolute atomic E-state index is 12.8. The Bertz CT molecular complexity index is 678. The number of nitrogen functional groups attached to an aromatic ring is 1. The Morgan fingerprint density at radius 1 is 1.30 bits per heavy atom. The van der Waals surface area contributed by atoms with Crippen LogP contribution in [0.3, 0.4) is 0 Å². The summed E-state index contributed by atoms with van der Waals surface area (Å²) >= 11 is 0. The summed E-state index contributed by atoms with van der Waals surface area (Å²) in [5, 5.41) is 4.25.